The SMILES string of the molecule is Cc1ccc(C)c(S(=O)(=O)Nc2onc(C)c2Cl)c1. The molecule has 0 saturated carbocycles. The van der Waals surface area contributed by atoms with Crippen molar-refractivity contribution in [2.45, 2.75) is 25.7 Å². The van der Waals surface area contributed by atoms with Crippen molar-refractivity contribution in [1.29, 1.82) is 0 Å². The smallest absolute Gasteiger partial charge is 0.264 e. The Bertz CT molecular complexity index is 723. The molecule has 1 aromatic carbocycles. The summed E-state index contributed by atoms with van der Waals surface area (Å²) in [5.41, 5.74) is 1.93. The van der Waals surface area contributed by atoms with E-state index in [4.69, 9.17) is 16.1 Å². The first-order valence-electron chi connectivity index (χ1n) is 5.53. The van der Waals surface area contributed by atoms with Crippen LogP contribution in [0.2, 0.25) is 5.02 Å². The van der Waals surface area contributed by atoms with Crippen LogP contribution in [0, 0.1) is 20.8 Å². The van der Waals surface area contributed by atoms with Crippen LogP contribution < -0.4 is 4.72 Å². The fourth-order valence-electron chi connectivity index (χ4n) is 1.60. The minimum atomic E-state index is -3.74. The number of hydrogen-bond donors (Lipinski definition) is 1. The number of nitrogens with one attached hydrogen (secondary N) is 1. The third kappa shape index (κ3) is 2.74. The lowest BCUT2D eigenvalue weighted by molar-refractivity contribution is 0.430. The lowest BCUT2D eigenvalue weighted by Gasteiger charge is -2.09. The second-order valence-corrected chi connectivity index (χ2v) is 6.31. The van der Waals surface area contributed by atoms with Gasteiger partial charge < -0.3 is 4.52 Å². The van der Waals surface area contributed by atoms with Crippen LogP contribution in [0.15, 0.2) is 27.6 Å². The number of benzene rings is 1. The molecule has 0 atom stereocenters. The molecule has 1 heterocycles. The molecule has 2 rings (SSSR count). The van der Waals surface area contributed by atoms with E-state index in [0.717, 1.165) is 5.56 Å². The number of rotatable bonds is 3. The number of aromatic nitrogens is 1. The van der Waals surface area contributed by atoms with Crippen molar-refractivity contribution >= 4 is 27.5 Å². The zero-order valence-corrected chi connectivity index (χ0v) is 12.3. The highest BCUT2D eigenvalue weighted by Crippen LogP contribution is 2.28. The van der Waals surface area contributed by atoms with E-state index >= 15 is 0 Å². The van der Waals surface area contributed by atoms with Gasteiger partial charge in [0.05, 0.1) is 4.90 Å². The Kier molecular flexibility index (Phi) is 3.56. The molecule has 5 nitrogen and oxygen atoms in total. The predicted molar refractivity (Wildman–Crippen MR) is 73.0 cm³/mol. The maximum atomic E-state index is 12.3. The van der Waals surface area contributed by atoms with Gasteiger partial charge in [-0.05, 0) is 38.0 Å². The number of anilines is 1. The number of hydrogen-bond acceptors (Lipinski definition) is 4. The zero-order chi connectivity index (χ0) is 14.2. The third-order valence-corrected chi connectivity index (χ3v) is 4.57. The van der Waals surface area contributed by atoms with Crippen molar-refractivity contribution in [2.75, 3.05) is 4.72 Å². The molecule has 1 N–H and O–H groups in total. The fourth-order valence-corrected chi connectivity index (χ4v) is 3.09. The van der Waals surface area contributed by atoms with Gasteiger partial charge in [0.1, 0.15) is 10.7 Å². The van der Waals surface area contributed by atoms with Crippen LogP contribution in [-0.2, 0) is 10.0 Å². The van der Waals surface area contributed by atoms with Gasteiger partial charge in [0.15, 0.2) is 0 Å². The average Bonchev–Trinajstić information content (AvgIpc) is 2.63. The van der Waals surface area contributed by atoms with Gasteiger partial charge in [0.2, 0.25) is 0 Å². The van der Waals surface area contributed by atoms with E-state index in [0.29, 0.717) is 11.3 Å². The summed E-state index contributed by atoms with van der Waals surface area (Å²) >= 11 is 5.89. The van der Waals surface area contributed by atoms with Gasteiger partial charge in [-0.1, -0.05) is 28.9 Å². The van der Waals surface area contributed by atoms with Crippen LogP contribution in [-0.4, -0.2) is 13.6 Å². The molecule has 2 aromatic rings. The molecule has 0 bridgehead atoms. The molecular weight excluding hydrogens is 288 g/mol. The first-order valence-corrected chi connectivity index (χ1v) is 7.39. The van der Waals surface area contributed by atoms with E-state index in [1.165, 1.54) is 0 Å². The van der Waals surface area contributed by atoms with Crippen molar-refractivity contribution in [1.82, 2.24) is 5.16 Å². The minimum absolute atomic E-state index is 0.0694. The summed E-state index contributed by atoms with van der Waals surface area (Å²) in [5, 5.41) is 3.76. The summed E-state index contributed by atoms with van der Waals surface area (Å²) in [6.45, 7) is 5.17. The standard InChI is InChI=1S/C12H13ClN2O3S/c1-7-4-5-8(2)10(6-7)19(16,17)15-12-11(13)9(3)14-18-12/h4-6,15H,1-3H3. The Balaban J connectivity index is 2.43. The van der Waals surface area contributed by atoms with Gasteiger partial charge in [0.25, 0.3) is 15.9 Å². The average molecular weight is 301 g/mol. The second kappa shape index (κ2) is 4.86. The summed E-state index contributed by atoms with van der Waals surface area (Å²) in [4.78, 5) is 0.192. The van der Waals surface area contributed by atoms with E-state index < -0.39 is 10.0 Å². The van der Waals surface area contributed by atoms with Gasteiger partial charge in [-0.25, -0.2) is 13.1 Å². The first-order chi connectivity index (χ1) is 8.81. The molecule has 0 aliphatic heterocycles. The molecule has 7 heteroatoms. The molecule has 19 heavy (non-hydrogen) atoms. The monoisotopic (exact) mass is 300 g/mol. The summed E-state index contributed by atoms with van der Waals surface area (Å²) in [5.74, 6) is -0.0694. The Morgan fingerprint density at radius 1 is 1.26 bits per heavy atom. The highest BCUT2D eigenvalue weighted by Gasteiger charge is 2.21. The van der Waals surface area contributed by atoms with E-state index in [1.807, 2.05) is 13.0 Å². The van der Waals surface area contributed by atoms with Crippen LogP contribution in [0.25, 0.3) is 0 Å². The summed E-state index contributed by atoms with van der Waals surface area (Å²) < 4.78 is 31.7. The minimum Gasteiger partial charge on any atom is -0.336 e. The highest BCUT2D eigenvalue weighted by atomic mass is 35.5. The van der Waals surface area contributed by atoms with Crippen molar-refractivity contribution in [2.24, 2.45) is 0 Å². The van der Waals surface area contributed by atoms with Gasteiger partial charge in [-0.2, -0.15) is 0 Å². The largest absolute Gasteiger partial charge is 0.336 e. The molecule has 1 aromatic heterocycles. The predicted octanol–water partition coefficient (Wildman–Crippen LogP) is 3.05. The van der Waals surface area contributed by atoms with Gasteiger partial charge in [-0.15, -0.1) is 0 Å². The molecule has 0 aliphatic rings. The second-order valence-electron chi connectivity index (χ2n) is 4.29. The lowest BCUT2D eigenvalue weighted by atomic mass is 10.2. The number of aryl methyl sites for hydroxylation is 3. The van der Waals surface area contributed by atoms with Crippen molar-refractivity contribution in [3.05, 3.63) is 40.0 Å². The molecule has 0 saturated heterocycles. The molecule has 0 unspecified atom stereocenters. The van der Waals surface area contributed by atoms with Crippen molar-refractivity contribution in [3.63, 3.8) is 0 Å². The Morgan fingerprint density at radius 3 is 2.53 bits per heavy atom. The van der Waals surface area contributed by atoms with Gasteiger partial charge >= 0.3 is 0 Å². The van der Waals surface area contributed by atoms with Crippen molar-refractivity contribution in [3.8, 4) is 0 Å². The van der Waals surface area contributed by atoms with Gasteiger partial charge in [0, 0.05) is 0 Å². The fraction of sp³-hybridized carbons (Fsp3) is 0.250. The van der Waals surface area contributed by atoms with E-state index in [-0.39, 0.29) is 15.8 Å². The summed E-state index contributed by atoms with van der Waals surface area (Å²) in [6.07, 6.45) is 0. The molecule has 0 amide bonds. The summed E-state index contributed by atoms with van der Waals surface area (Å²) in [7, 11) is -3.74. The number of sulfonamides is 1. The highest BCUT2D eigenvalue weighted by molar-refractivity contribution is 7.92. The molecule has 0 radical (unpaired) electrons. The lowest BCUT2D eigenvalue weighted by Crippen LogP contribution is -2.14. The van der Waals surface area contributed by atoms with Crippen LogP contribution in [0.3, 0.4) is 0 Å². The van der Waals surface area contributed by atoms with Crippen molar-refractivity contribution < 1.29 is 12.9 Å². The molecule has 102 valence electrons. The summed E-state index contributed by atoms with van der Waals surface area (Å²) in [6, 6.07) is 5.19. The topological polar surface area (TPSA) is 72.2 Å². The van der Waals surface area contributed by atoms with E-state index in [2.05, 4.69) is 9.88 Å². The maximum absolute atomic E-state index is 12.3. The molecule has 0 fully saturated rings. The normalized spacial score (nSPS) is 11.6. The Morgan fingerprint density at radius 2 is 1.95 bits per heavy atom. The zero-order valence-electron chi connectivity index (χ0n) is 10.7. The Labute approximate surface area is 116 Å². The van der Waals surface area contributed by atoms with Crippen LogP contribution >= 0.6 is 11.6 Å². The first kappa shape index (κ1) is 13.9. The third-order valence-electron chi connectivity index (χ3n) is 2.65. The molecular formula is C12H13ClN2O3S. The quantitative estimate of drug-likeness (QED) is 0.945. The molecule has 0 spiro atoms. The van der Waals surface area contributed by atoms with E-state index in [1.54, 1.807) is 26.0 Å². The van der Waals surface area contributed by atoms with Crippen LogP contribution in [0.4, 0.5) is 5.88 Å². The number of nitrogens with zero attached hydrogens (tertiary/aromatic N) is 1. The number of halogens is 1. The van der Waals surface area contributed by atoms with Crippen LogP contribution in [0.1, 0.15) is 16.8 Å². The Hall–Kier alpha value is -1.53. The van der Waals surface area contributed by atoms with E-state index in [9.17, 15) is 8.42 Å². The molecule has 0 aliphatic carbocycles. The maximum Gasteiger partial charge on any atom is 0.264 e. The van der Waals surface area contributed by atoms with Gasteiger partial charge in [-0.3, -0.25) is 0 Å². The van der Waals surface area contributed by atoms with Crippen LogP contribution in [0.5, 0.6) is 0 Å².